The van der Waals surface area contributed by atoms with Crippen LogP contribution < -0.4 is 36.6 Å². The summed E-state index contributed by atoms with van der Waals surface area (Å²) in [6, 6.07) is 22.9. The molecule has 2 aliphatic carbocycles. The first-order valence-corrected chi connectivity index (χ1v) is 16.5. The van der Waals surface area contributed by atoms with E-state index in [2.05, 4.69) is 31.9 Å². The molecule has 2 atom stereocenters. The average molecular weight is 689 g/mol. The predicted molar refractivity (Wildman–Crippen MR) is 195 cm³/mol. The summed E-state index contributed by atoms with van der Waals surface area (Å²) in [4.78, 5) is 50.3. The number of nitrogens with one attached hydrogen (secondary N) is 6. The maximum Gasteiger partial charge on any atom is 0.417 e. The third-order valence-corrected chi connectivity index (χ3v) is 8.07. The predicted octanol–water partition coefficient (Wildman–Crippen LogP) is 7.56. The van der Waals surface area contributed by atoms with Gasteiger partial charge in [-0.3, -0.25) is 10.1 Å². The van der Waals surface area contributed by atoms with Crippen LogP contribution >= 0.6 is 11.8 Å². The van der Waals surface area contributed by atoms with Gasteiger partial charge in [0.25, 0.3) is 0 Å². The molecule has 0 saturated carbocycles. The number of amides is 6. The number of urea groups is 2. The minimum Gasteiger partial charge on any atom is -0.410 e. The zero-order valence-electron chi connectivity index (χ0n) is 27.3. The zero-order chi connectivity index (χ0) is 35.3. The summed E-state index contributed by atoms with van der Waals surface area (Å²) in [5.41, 5.74) is 3.66. The van der Waals surface area contributed by atoms with Gasteiger partial charge in [0.15, 0.2) is 0 Å². The van der Waals surface area contributed by atoms with Gasteiger partial charge in [-0.05, 0) is 96.8 Å². The standard InChI is InChI=1S/C38H36N6O5S/c1-25-20-29(39-24-45)8-9-30(21-25)42-36(46)40-27-12-16-34(17-13-27)50-35-18-14-28(15-19-35)41-37(47)43-31-10-11-32(23-26(2)22-31)44-38(48)49-33-6-4-3-5-7-33/h3-26H,1-2H3,(H,39,45)(H,44,48)(H2,40,42,46)(H2,41,43,47). The maximum absolute atomic E-state index is 12.8. The Hall–Kier alpha value is -6.27. The van der Waals surface area contributed by atoms with Crippen LogP contribution in [0, 0.1) is 11.8 Å². The molecule has 0 radical (unpaired) electrons. The molecule has 0 spiro atoms. The van der Waals surface area contributed by atoms with Crippen molar-refractivity contribution in [3.63, 3.8) is 0 Å². The fraction of sp³-hybridized carbons (Fsp3) is 0.105. The normalized spacial score (nSPS) is 16.5. The van der Waals surface area contributed by atoms with E-state index < -0.39 is 12.1 Å². The summed E-state index contributed by atoms with van der Waals surface area (Å²) in [6.07, 6.45) is 14.4. The van der Waals surface area contributed by atoms with E-state index in [0.29, 0.717) is 46.3 Å². The number of allylic oxidation sites excluding steroid dienone is 8. The molecule has 0 saturated heterocycles. The second kappa shape index (κ2) is 17.2. The van der Waals surface area contributed by atoms with Crippen LogP contribution in [0.4, 0.5) is 25.8 Å². The minimum absolute atomic E-state index is 0.0167. The Balaban J connectivity index is 1.06. The first kappa shape index (κ1) is 35.0. The minimum atomic E-state index is -0.607. The molecule has 2 aliphatic rings. The van der Waals surface area contributed by atoms with Crippen LogP contribution in [-0.2, 0) is 4.79 Å². The molecule has 254 valence electrons. The summed E-state index contributed by atoms with van der Waals surface area (Å²) in [5.74, 6) is 0.380. The van der Waals surface area contributed by atoms with Crippen molar-refractivity contribution < 1.29 is 23.9 Å². The fourth-order valence-electron chi connectivity index (χ4n) is 4.90. The van der Waals surface area contributed by atoms with Gasteiger partial charge in [0.2, 0.25) is 6.41 Å². The van der Waals surface area contributed by atoms with Crippen molar-refractivity contribution in [1.82, 2.24) is 21.3 Å². The molecule has 0 fully saturated rings. The van der Waals surface area contributed by atoms with Crippen molar-refractivity contribution in [1.29, 1.82) is 0 Å². The molecular weight excluding hydrogens is 653 g/mol. The monoisotopic (exact) mass is 688 g/mol. The van der Waals surface area contributed by atoms with Crippen molar-refractivity contribution in [2.24, 2.45) is 11.8 Å². The lowest BCUT2D eigenvalue weighted by atomic mass is 10.1. The van der Waals surface area contributed by atoms with Crippen LogP contribution in [0.3, 0.4) is 0 Å². The number of hydrogen-bond acceptors (Lipinski definition) is 6. The zero-order valence-corrected chi connectivity index (χ0v) is 28.1. The van der Waals surface area contributed by atoms with Crippen LogP contribution in [0.2, 0.25) is 0 Å². The first-order valence-electron chi connectivity index (χ1n) is 15.7. The van der Waals surface area contributed by atoms with E-state index in [-0.39, 0.29) is 17.9 Å². The Morgan fingerprint density at radius 1 is 0.580 bits per heavy atom. The molecule has 0 aromatic heterocycles. The molecule has 6 N–H and O–H groups in total. The summed E-state index contributed by atoms with van der Waals surface area (Å²) in [6.45, 7) is 3.89. The number of hydrogen-bond donors (Lipinski definition) is 6. The summed E-state index contributed by atoms with van der Waals surface area (Å²) in [7, 11) is 0. The summed E-state index contributed by atoms with van der Waals surface area (Å²) in [5, 5.41) is 16.7. The molecule has 0 bridgehead atoms. The molecule has 2 unspecified atom stereocenters. The molecule has 3 aromatic rings. The van der Waals surface area contributed by atoms with Crippen LogP contribution in [0.5, 0.6) is 5.75 Å². The van der Waals surface area contributed by atoms with Gasteiger partial charge >= 0.3 is 18.2 Å². The molecule has 6 amide bonds. The van der Waals surface area contributed by atoms with Gasteiger partial charge in [-0.25, -0.2) is 14.4 Å². The van der Waals surface area contributed by atoms with Gasteiger partial charge in [0.05, 0.1) is 0 Å². The highest BCUT2D eigenvalue weighted by atomic mass is 32.2. The van der Waals surface area contributed by atoms with E-state index in [4.69, 9.17) is 4.74 Å². The Kier molecular flexibility index (Phi) is 12.1. The smallest absolute Gasteiger partial charge is 0.410 e. The lowest BCUT2D eigenvalue weighted by Gasteiger charge is -2.10. The molecule has 11 nitrogen and oxygen atoms in total. The van der Waals surface area contributed by atoms with E-state index in [1.54, 1.807) is 48.6 Å². The molecule has 5 rings (SSSR count). The van der Waals surface area contributed by atoms with Gasteiger partial charge in [-0.15, -0.1) is 0 Å². The number of anilines is 2. The molecule has 3 aromatic carbocycles. The maximum atomic E-state index is 12.8. The van der Waals surface area contributed by atoms with Crippen LogP contribution in [-0.4, -0.2) is 24.6 Å². The second-order valence-corrected chi connectivity index (χ2v) is 12.4. The Labute approximate surface area is 294 Å². The molecule has 0 heterocycles. The van der Waals surface area contributed by atoms with Crippen molar-refractivity contribution in [2.45, 2.75) is 23.6 Å². The number of ether oxygens (including phenoxy) is 1. The molecular formula is C38H36N6O5S. The highest BCUT2D eigenvalue weighted by Crippen LogP contribution is 2.29. The number of rotatable bonds is 10. The van der Waals surface area contributed by atoms with Crippen molar-refractivity contribution in [2.75, 3.05) is 10.6 Å². The number of para-hydroxylation sites is 1. The van der Waals surface area contributed by atoms with E-state index in [0.717, 1.165) is 9.79 Å². The topological polar surface area (TPSA) is 150 Å². The summed E-state index contributed by atoms with van der Waals surface area (Å²) >= 11 is 1.54. The highest BCUT2D eigenvalue weighted by Gasteiger charge is 2.12. The number of benzene rings is 3. The van der Waals surface area contributed by atoms with Crippen LogP contribution in [0.15, 0.2) is 160 Å². The van der Waals surface area contributed by atoms with Gasteiger partial charge in [0.1, 0.15) is 5.75 Å². The van der Waals surface area contributed by atoms with Gasteiger partial charge < -0.3 is 31.3 Å². The van der Waals surface area contributed by atoms with Crippen molar-refractivity contribution in [3.8, 4) is 5.75 Å². The molecule has 12 heteroatoms. The van der Waals surface area contributed by atoms with Gasteiger partial charge in [-0.1, -0.05) is 68.1 Å². The summed E-state index contributed by atoms with van der Waals surface area (Å²) < 4.78 is 5.29. The number of carbonyl (C=O) groups is 4. The first-order chi connectivity index (χ1) is 24.2. The van der Waals surface area contributed by atoms with E-state index >= 15 is 0 Å². The second-order valence-electron chi connectivity index (χ2n) is 11.3. The largest absolute Gasteiger partial charge is 0.417 e. The Morgan fingerprint density at radius 2 is 1.02 bits per heavy atom. The van der Waals surface area contributed by atoms with E-state index in [1.807, 2.05) is 92.7 Å². The van der Waals surface area contributed by atoms with Gasteiger partial charge in [0, 0.05) is 44.0 Å². The number of carbonyl (C=O) groups excluding carboxylic acids is 4. The van der Waals surface area contributed by atoms with Crippen molar-refractivity contribution in [3.05, 3.63) is 150 Å². The van der Waals surface area contributed by atoms with Crippen LogP contribution in [0.1, 0.15) is 13.8 Å². The third kappa shape index (κ3) is 11.2. The SMILES string of the molecule is CC1C=C(NC=O)C=CC(NC(=O)Nc2ccc(Sc3ccc(NC(=O)NC4=CC(C)C=C(NC(=O)Oc5ccccc5)C=C4)cc3)cc2)=C1. The quantitative estimate of drug-likeness (QED) is 0.121. The highest BCUT2D eigenvalue weighted by molar-refractivity contribution is 7.99. The molecule has 50 heavy (non-hydrogen) atoms. The van der Waals surface area contributed by atoms with E-state index in [9.17, 15) is 19.2 Å². The van der Waals surface area contributed by atoms with Crippen LogP contribution in [0.25, 0.3) is 0 Å². The fourth-order valence-corrected chi connectivity index (χ4v) is 5.72. The third-order valence-electron chi connectivity index (χ3n) is 7.06. The average Bonchev–Trinajstić information content (AvgIpc) is 3.36. The lowest BCUT2D eigenvalue weighted by molar-refractivity contribution is -0.108. The Bertz CT molecular complexity index is 1900. The van der Waals surface area contributed by atoms with Crippen molar-refractivity contribution >= 4 is 47.7 Å². The van der Waals surface area contributed by atoms with E-state index in [1.165, 1.54) is 11.8 Å². The van der Waals surface area contributed by atoms with Gasteiger partial charge in [-0.2, -0.15) is 0 Å². The Morgan fingerprint density at radius 3 is 1.50 bits per heavy atom. The lowest BCUT2D eigenvalue weighted by Crippen LogP contribution is -2.27. The molecule has 0 aliphatic heterocycles.